The summed E-state index contributed by atoms with van der Waals surface area (Å²) in [5.41, 5.74) is 0. The van der Waals surface area contributed by atoms with Crippen molar-refractivity contribution in [1.29, 1.82) is 0 Å². The Morgan fingerprint density at radius 1 is 1.19 bits per heavy atom. The van der Waals surface area contributed by atoms with E-state index in [1.165, 1.54) is 38.5 Å². The number of carbonyl (C=O) groups is 1. The zero-order valence-corrected chi connectivity index (χ0v) is 10.2. The molecule has 16 heavy (non-hydrogen) atoms. The van der Waals surface area contributed by atoms with Crippen molar-refractivity contribution in [2.24, 2.45) is 11.8 Å². The summed E-state index contributed by atoms with van der Waals surface area (Å²) in [4.78, 5) is 13.1. The maximum Gasteiger partial charge on any atom is 0.317 e. The number of aliphatic carboxylic acids is 1. The first-order valence-corrected chi connectivity index (χ1v) is 6.61. The molecule has 3 heteroatoms. The normalized spacial score (nSPS) is 30.6. The van der Waals surface area contributed by atoms with Gasteiger partial charge in [-0.15, -0.1) is 0 Å². The van der Waals surface area contributed by atoms with Crippen LogP contribution in [-0.2, 0) is 4.79 Å². The number of nitrogens with zero attached hydrogens (tertiary/aromatic N) is 1. The Hall–Kier alpha value is -0.570. The van der Waals surface area contributed by atoms with Gasteiger partial charge in [0.05, 0.1) is 6.54 Å². The summed E-state index contributed by atoms with van der Waals surface area (Å²) in [7, 11) is 0. The van der Waals surface area contributed by atoms with Gasteiger partial charge in [-0.05, 0) is 50.4 Å². The van der Waals surface area contributed by atoms with Crippen LogP contribution in [0.5, 0.6) is 0 Å². The van der Waals surface area contributed by atoms with Gasteiger partial charge in [-0.25, -0.2) is 0 Å². The monoisotopic (exact) mass is 225 g/mol. The molecule has 2 saturated carbocycles. The van der Waals surface area contributed by atoms with Gasteiger partial charge in [0.2, 0.25) is 0 Å². The first-order chi connectivity index (χ1) is 7.65. The van der Waals surface area contributed by atoms with Crippen molar-refractivity contribution in [2.75, 3.05) is 13.1 Å². The van der Waals surface area contributed by atoms with Gasteiger partial charge >= 0.3 is 5.97 Å². The predicted octanol–water partition coefficient (Wildman–Crippen LogP) is 2.36. The summed E-state index contributed by atoms with van der Waals surface area (Å²) in [5.74, 6) is 0.960. The van der Waals surface area contributed by atoms with E-state index in [-0.39, 0.29) is 6.54 Å². The van der Waals surface area contributed by atoms with Gasteiger partial charge in [0, 0.05) is 12.6 Å². The lowest BCUT2D eigenvalue weighted by atomic mass is 9.86. The highest BCUT2D eigenvalue weighted by molar-refractivity contribution is 5.69. The van der Waals surface area contributed by atoms with Gasteiger partial charge < -0.3 is 5.11 Å². The topological polar surface area (TPSA) is 40.5 Å². The second kappa shape index (κ2) is 5.17. The summed E-state index contributed by atoms with van der Waals surface area (Å²) >= 11 is 0. The Labute approximate surface area is 97.8 Å². The molecule has 0 unspecified atom stereocenters. The van der Waals surface area contributed by atoms with E-state index >= 15 is 0 Å². The Kier molecular flexibility index (Phi) is 3.85. The molecule has 2 fully saturated rings. The highest BCUT2D eigenvalue weighted by atomic mass is 16.4. The molecule has 0 saturated heterocycles. The molecule has 0 spiro atoms. The highest BCUT2D eigenvalue weighted by Crippen LogP contribution is 2.33. The van der Waals surface area contributed by atoms with E-state index in [4.69, 9.17) is 5.11 Å². The van der Waals surface area contributed by atoms with Gasteiger partial charge in [0.25, 0.3) is 0 Å². The number of hydrogen-bond acceptors (Lipinski definition) is 2. The third-order valence-electron chi connectivity index (χ3n) is 4.03. The molecular weight excluding hydrogens is 202 g/mol. The molecule has 0 radical (unpaired) electrons. The van der Waals surface area contributed by atoms with Crippen molar-refractivity contribution in [3.05, 3.63) is 0 Å². The first-order valence-electron chi connectivity index (χ1n) is 6.61. The van der Waals surface area contributed by atoms with Gasteiger partial charge in [-0.3, -0.25) is 9.69 Å². The van der Waals surface area contributed by atoms with E-state index in [1.54, 1.807) is 0 Å². The molecule has 0 aromatic heterocycles. The lowest BCUT2D eigenvalue weighted by Crippen LogP contribution is -2.42. The molecule has 0 heterocycles. The Bertz CT molecular complexity index is 242. The fraction of sp³-hybridized carbons (Fsp3) is 0.923. The fourth-order valence-electron chi connectivity index (χ4n) is 2.76. The van der Waals surface area contributed by atoms with Crippen LogP contribution in [0.25, 0.3) is 0 Å². The summed E-state index contributed by atoms with van der Waals surface area (Å²) in [6.07, 6.45) is 7.54. The molecule has 0 aliphatic heterocycles. The van der Waals surface area contributed by atoms with Crippen LogP contribution < -0.4 is 0 Å². The number of rotatable bonds is 5. The lowest BCUT2D eigenvalue weighted by Gasteiger charge is -2.35. The van der Waals surface area contributed by atoms with Crippen LogP contribution in [-0.4, -0.2) is 35.1 Å². The predicted molar refractivity (Wildman–Crippen MR) is 63.4 cm³/mol. The average molecular weight is 225 g/mol. The van der Waals surface area contributed by atoms with E-state index in [1.807, 2.05) is 0 Å². The smallest absolute Gasteiger partial charge is 0.317 e. The molecule has 0 aromatic carbocycles. The summed E-state index contributed by atoms with van der Waals surface area (Å²) in [6.45, 7) is 3.57. The molecular formula is C13H23NO2. The van der Waals surface area contributed by atoms with Gasteiger partial charge in [-0.1, -0.05) is 6.92 Å². The van der Waals surface area contributed by atoms with Crippen LogP contribution in [0.15, 0.2) is 0 Å². The molecule has 2 aliphatic rings. The van der Waals surface area contributed by atoms with E-state index in [2.05, 4.69) is 11.8 Å². The van der Waals surface area contributed by atoms with Crippen molar-refractivity contribution in [1.82, 2.24) is 4.90 Å². The lowest BCUT2D eigenvalue weighted by molar-refractivity contribution is -0.139. The molecule has 0 aromatic rings. The minimum Gasteiger partial charge on any atom is -0.480 e. The van der Waals surface area contributed by atoms with Gasteiger partial charge in [0.15, 0.2) is 0 Å². The Morgan fingerprint density at radius 3 is 2.31 bits per heavy atom. The third-order valence-corrected chi connectivity index (χ3v) is 4.03. The summed E-state index contributed by atoms with van der Waals surface area (Å²) in [6, 6.07) is 0.535. The van der Waals surface area contributed by atoms with Crippen molar-refractivity contribution in [2.45, 2.75) is 51.5 Å². The molecule has 0 amide bonds. The van der Waals surface area contributed by atoms with E-state index in [0.717, 1.165) is 18.4 Å². The second-order valence-electron chi connectivity index (χ2n) is 5.68. The zero-order chi connectivity index (χ0) is 11.5. The zero-order valence-electron chi connectivity index (χ0n) is 10.2. The molecule has 2 aliphatic carbocycles. The van der Waals surface area contributed by atoms with Gasteiger partial charge in [-0.2, -0.15) is 0 Å². The van der Waals surface area contributed by atoms with Crippen LogP contribution in [0.4, 0.5) is 0 Å². The van der Waals surface area contributed by atoms with Crippen LogP contribution in [0.1, 0.15) is 45.4 Å². The summed E-state index contributed by atoms with van der Waals surface area (Å²) < 4.78 is 0. The van der Waals surface area contributed by atoms with Crippen molar-refractivity contribution in [3.63, 3.8) is 0 Å². The molecule has 92 valence electrons. The largest absolute Gasteiger partial charge is 0.480 e. The van der Waals surface area contributed by atoms with Crippen molar-refractivity contribution in [3.8, 4) is 0 Å². The van der Waals surface area contributed by atoms with Crippen molar-refractivity contribution < 1.29 is 9.90 Å². The third kappa shape index (κ3) is 3.48. The molecule has 0 atom stereocenters. The average Bonchev–Trinajstić information content (AvgIpc) is 3.01. The second-order valence-corrected chi connectivity index (χ2v) is 5.68. The minimum absolute atomic E-state index is 0.246. The quantitative estimate of drug-likeness (QED) is 0.781. The van der Waals surface area contributed by atoms with Crippen LogP contribution in [0.2, 0.25) is 0 Å². The van der Waals surface area contributed by atoms with Crippen LogP contribution >= 0.6 is 0 Å². The maximum atomic E-state index is 10.9. The Balaban J connectivity index is 1.86. The number of hydrogen-bond donors (Lipinski definition) is 1. The first kappa shape index (κ1) is 11.9. The number of carboxylic acid groups (broad SMARTS) is 1. The minimum atomic E-state index is -0.667. The maximum absolute atomic E-state index is 10.9. The Morgan fingerprint density at radius 2 is 1.81 bits per heavy atom. The van der Waals surface area contributed by atoms with E-state index < -0.39 is 5.97 Å². The van der Waals surface area contributed by atoms with Crippen LogP contribution in [0, 0.1) is 11.8 Å². The summed E-state index contributed by atoms with van der Waals surface area (Å²) in [5, 5.41) is 8.96. The molecule has 0 bridgehead atoms. The molecule has 2 rings (SSSR count). The molecule has 1 N–H and O–H groups in total. The fourth-order valence-corrected chi connectivity index (χ4v) is 2.76. The molecule has 3 nitrogen and oxygen atoms in total. The van der Waals surface area contributed by atoms with Crippen molar-refractivity contribution >= 4 is 5.97 Å². The van der Waals surface area contributed by atoms with E-state index in [0.29, 0.717) is 6.04 Å². The number of carboxylic acids is 1. The van der Waals surface area contributed by atoms with E-state index in [9.17, 15) is 4.79 Å². The van der Waals surface area contributed by atoms with Crippen LogP contribution in [0.3, 0.4) is 0 Å². The standard InChI is InChI=1S/C13H23NO2/c1-10-2-6-12(7-3-10)14(9-13(15)16)8-11-4-5-11/h10-12H,2-9H2,1H3,(H,15,16). The highest BCUT2D eigenvalue weighted by Gasteiger charge is 2.30. The SMILES string of the molecule is CC1CCC(N(CC(=O)O)CC2CC2)CC1. The van der Waals surface area contributed by atoms with Gasteiger partial charge in [0.1, 0.15) is 0 Å².